The zero-order chi connectivity index (χ0) is 16.4. The zero-order valence-corrected chi connectivity index (χ0v) is 15.1. The normalized spacial score (nSPS) is 14.0. The topological polar surface area (TPSA) is 64.8 Å². The lowest BCUT2D eigenvalue weighted by atomic mass is 9.99. The molecule has 0 aliphatic heterocycles. The van der Waals surface area contributed by atoms with Crippen molar-refractivity contribution in [2.45, 2.75) is 31.0 Å². The van der Waals surface area contributed by atoms with E-state index in [9.17, 15) is 9.59 Å². The summed E-state index contributed by atoms with van der Waals surface area (Å²) >= 11 is 4.94. The number of Topliss-reactive ketones (excluding diaryl/α,β-unsaturated/α-hetero) is 2. The molecule has 0 atom stereocenters. The van der Waals surface area contributed by atoms with Crippen LogP contribution >= 0.6 is 27.7 Å². The third-order valence-electron chi connectivity index (χ3n) is 3.82. The molecule has 120 valence electrons. The van der Waals surface area contributed by atoms with Gasteiger partial charge in [-0.3, -0.25) is 9.59 Å². The first-order chi connectivity index (χ1) is 11.1. The van der Waals surface area contributed by atoms with Crippen LogP contribution in [0.4, 0.5) is 0 Å². The molecule has 0 spiro atoms. The molecule has 1 aromatic heterocycles. The second-order valence-electron chi connectivity index (χ2n) is 5.55. The number of carbonyl (C=O) groups excluding carboxylic acids is 2. The molecule has 5 nitrogen and oxygen atoms in total. The second-order valence-corrected chi connectivity index (χ2v) is 7.24. The molecule has 3 rings (SSSR count). The van der Waals surface area contributed by atoms with Crippen LogP contribution in [0.1, 0.15) is 35.2 Å². The SMILES string of the molecule is CSc1ncnn1Cc1cc(Br)ccc1C(=O)CC(=O)C1CC1. The van der Waals surface area contributed by atoms with Crippen molar-refractivity contribution in [3.8, 4) is 0 Å². The fourth-order valence-electron chi connectivity index (χ4n) is 2.45. The maximum atomic E-state index is 12.5. The van der Waals surface area contributed by atoms with E-state index < -0.39 is 0 Å². The molecule has 1 aliphatic rings. The van der Waals surface area contributed by atoms with Gasteiger partial charge in [0.1, 0.15) is 12.1 Å². The monoisotopic (exact) mass is 393 g/mol. The average molecular weight is 394 g/mol. The maximum Gasteiger partial charge on any atom is 0.186 e. The van der Waals surface area contributed by atoms with Gasteiger partial charge in [-0.05, 0) is 42.9 Å². The van der Waals surface area contributed by atoms with E-state index in [4.69, 9.17) is 0 Å². The van der Waals surface area contributed by atoms with Crippen molar-refractivity contribution in [3.63, 3.8) is 0 Å². The third-order valence-corrected chi connectivity index (χ3v) is 4.99. The Morgan fingerprint density at radius 2 is 2.17 bits per heavy atom. The van der Waals surface area contributed by atoms with Crippen LogP contribution in [0.5, 0.6) is 0 Å². The van der Waals surface area contributed by atoms with Crippen molar-refractivity contribution in [2.24, 2.45) is 5.92 Å². The van der Waals surface area contributed by atoms with Crippen LogP contribution < -0.4 is 0 Å². The Labute approximate surface area is 147 Å². The summed E-state index contributed by atoms with van der Waals surface area (Å²) in [5, 5.41) is 4.99. The fourth-order valence-corrected chi connectivity index (χ4v) is 3.33. The molecule has 1 saturated carbocycles. The first-order valence-corrected chi connectivity index (χ1v) is 9.36. The minimum Gasteiger partial charge on any atom is -0.299 e. The number of benzene rings is 1. The highest BCUT2D eigenvalue weighted by Gasteiger charge is 2.31. The third kappa shape index (κ3) is 3.90. The van der Waals surface area contributed by atoms with Crippen molar-refractivity contribution in [3.05, 3.63) is 40.1 Å². The lowest BCUT2D eigenvalue weighted by Crippen LogP contribution is -2.14. The van der Waals surface area contributed by atoms with Crippen LogP contribution in [-0.4, -0.2) is 32.6 Å². The van der Waals surface area contributed by atoms with Gasteiger partial charge in [-0.25, -0.2) is 9.67 Å². The number of thioether (sulfide) groups is 1. The smallest absolute Gasteiger partial charge is 0.186 e. The maximum absolute atomic E-state index is 12.5. The first kappa shape index (κ1) is 16.4. The standard InChI is InChI=1S/C16H16BrN3O2S/c1-23-16-18-9-19-20(16)8-11-6-12(17)4-5-13(11)15(22)7-14(21)10-2-3-10/h4-6,9-10H,2-3,7-8H2,1H3. The number of hydrogen-bond donors (Lipinski definition) is 0. The molecule has 1 heterocycles. The Bertz CT molecular complexity index is 756. The highest BCUT2D eigenvalue weighted by Crippen LogP contribution is 2.31. The molecule has 23 heavy (non-hydrogen) atoms. The molecular weight excluding hydrogens is 378 g/mol. The molecule has 7 heteroatoms. The molecular formula is C16H16BrN3O2S. The highest BCUT2D eigenvalue weighted by molar-refractivity contribution is 9.10. The van der Waals surface area contributed by atoms with Crippen LogP contribution in [-0.2, 0) is 11.3 Å². The minimum atomic E-state index is -0.116. The van der Waals surface area contributed by atoms with E-state index in [0.717, 1.165) is 28.0 Å². The number of nitrogens with zero attached hydrogens (tertiary/aromatic N) is 3. The summed E-state index contributed by atoms with van der Waals surface area (Å²) in [6, 6.07) is 5.51. The molecule has 1 aliphatic carbocycles. The number of aromatic nitrogens is 3. The van der Waals surface area contributed by atoms with Gasteiger partial charge in [0.25, 0.3) is 0 Å². The average Bonchev–Trinajstić information content (AvgIpc) is 3.28. The van der Waals surface area contributed by atoms with E-state index in [1.54, 1.807) is 10.7 Å². The van der Waals surface area contributed by atoms with Crippen molar-refractivity contribution in [1.82, 2.24) is 14.8 Å². The zero-order valence-electron chi connectivity index (χ0n) is 12.7. The number of ketones is 2. The van der Waals surface area contributed by atoms with Crippen molar-refractivity contribution >= 4 is 39.3 Å². The summed E-state index contributed by atoms with van der Waals surface area (Å²) < 4.78 is 2.65. The Balaban J connectivity index is 1.85. The lowest BCUT2D eigenvalue weighted by molar-refractivity contribution is -0.119. The Morgan fingerprint density at radius 3 is 2.87 bits per heavy atom. The van der Waals surface area contributed by atoms with E-state index in [-0.39, 0.29) is 23.9 Å². The Kier molecular flexibility index (Phi) is 4.96. The lowest BCUT2D eigenvalue weighted by Gasteiger charge is -2.10. The van der Waals surface area contributed by atoms with Crippen molar-refractivity contribution < 1.29 is 9.59 Å². The molecule has 1 fully saturated rings. The summed E-state index contributed by atoms with van der Waals surface area (Å²) in [7, 11) is 0. The van der Waals surface area contributed by atoms with E-state index in [1.807, 2.05) is 18.4 Å². The van der Waals surface area contributed by atoms with Gasteiger partial charge in [-0.15, -0.1) is 0 Å². The van der Waals surface area contributed by atoms with Crippen LogP contribution in [0.15, 0.2) is 34.2 Å². The van der Waals surface area contributed by atoms with Crippen LogP contribution in [0.25, 0.3) is 0 Å². The van der Waals surface area contributed by atoms with Crippen LogP contribution in [0, 0.1) is 5.92 Å². The van der Waals surface area contributed by atoms with E-state index >= 15 is 0 Å². The molecule has 0 saturated heterocycles. The molecule has 0 N–H and O–H groups in total. The number of rotatable bonds is 7. The quantitative estimate of drug-likeness (QED) is 0.409. The summed E-state index contributed by atoms with van der Waals surface area (Å²) in [5.41, 5.74) is 1.43. The van der Waals surface area contributed by atoms with Crippen LogP contribution in [0.3, 0.4) is 0 Å². The summed E-state index contributed by atoms with van der Waals surface area (Å²) in [6.45, 7) is 0.453. The number of hydrogen-bond acceptors (Lipinski definition) is 5. The molecule has 1 aromatic carbocycles. The van der Waals surface area contributed by atoms with Crippen molar-refractivity contribution in [2.75, 3.05) is 6.26 Å². The minimum absolute atomic E-state index is 0.00790. The van der Waals surface area contributed by atoms with E-state index in [0.29, 0.717) is 12.1 Å². The predicted molar refractivity (Wildman–Crippen MR) is 91.7 cm³/mol. The van der Waals surface area contributed by atoms with Gasteiger partial charge in [0.15, 0.2) is 10.9 Å². The summed E-state index contributed by atoms with van der Waals surface area (Å²) in [6.07, 6.45) is 5.28. The van der Waals surface area contributed by atoms with Gasteiger partial charge in [0.05, 0.1) is 13.0 Å². The number of halogens is 1. The van der Waals surface area contributed by atoms with E-state index in [2.05, 4.69) is 26.0 Å². The Morgan fingerprint density at radius 1 is 1.39 bits per heavy atom. The number of carbonyl (C=O) groups is 2. The predicted octanol–water partition coefficient (Wildman–Crippen LogP) is 3.36. The van der Waals surface area contributed by atoms with Gasteiger partial charge >= 0.3 is 0 Å². The summed E-state index contributed by atoms with van der Waals surface area (Å²) in [5.74, 6) is 0.0564. The highest BCUT2D eigenvalue weighted by atomic mass is 79.9. The summed E-state index contributed by atoms with van der Waals surface area (Å²) in [4.78, 5) is 28.6. The van der Waals surface area contributed by atoms with E-state index in [1.165, 1.54) is 18.1 Å². The van der Waals surface area contributed by atoms with Gasteiger partial charge < -0.3 is 0 Å². The largest absolute Gasteiger partial charge is 0.299 e. The Hall–Kier alpha value is -1.47. The van der Waals surface area contributed by atoms with Gasteiger partial charge in [-0.2, -0.15) is 5.10 Å². The van der Waals surface area contributed by atoms with Gasteiger partial charge in [0, 0.05) is 16.0 Å². The molecule has 0 unspecified atom stereocenters. The second kappa shape index (κ2) is 6.97. The van der Waals surface area contributed by atoms with Crippen molar-refractivity contribution in [1.29, 1.82) is 0 Å². The van der Waals surface area contributed by atoms with Gasteiger partial charge in [0.2, 0.25) is 0 Å². The fraction of sp³-hybridized carbons (Fsp3) is 0.375. The molecule has 0 amide bonds. The first-order valence-electron chi connectivity index (χ1n) is 7.34. The molecule has 0 bridgehead atoms. The van der Waals surface area contributed by atoms with Crippen LogP contribution in [0.2, 0.25) is 0 Å². The molecule has 2 aromatic rings. The van der Waals surface area contributed by atoms with Gasteiger partial charge in [-0.1, -0.05) is 27.7 Å². The molecule has 0 radical (unpaired) electrons.